The number of hydrogen-bond acceptors (Lipinski definition) is 2. The van der Waals surface area contributed by atoms with Crippen molar-refractivity contribution in [2.45, 2.75) is 37.3 Å². The summed E-state index contributed by atoms with van der Waals surface area (Å²) >= 11 is 3.43. The largest absolute Gasteiger partial charge is 0.229 e. The fourth-order valence-corrected chi connectivity index (χ4v) is 3.51. The summed E-state index contributed by atoms with van der Waals surface area (Å²) in [6, 6.07) is 3.38. The fourth-order valence-electron chi connectivity index (χ4n) is 1.72. The van der Waals surface area contributed by atoms with E-state index in [4.69, 9.17) is 0 Å². The van der Waals surface area contributed by atoms with Gasteiger partial charge in [0.05, 0.1) is 9.57 Å². The molecule has 0 radical (unpaired) electrons. The first-order chi connectivity index (χ1) is 7.98. The molecule has 18 heavy (non-hydrogen) atoms. The van der Waals surface area contributed by atoms with Gasteiger partial charge in [0.1, 0.15) is 5.82 Å². The lowest BCUT2D eigenvalue weighted by Crippen LogP contribution is -2.35. The van der Waals surface area contributed by atoms with Crippen molar-refractivity contribution in [3.8, 4) is 0 Å². The molecule has 0 spiro atoms. The van der Waals surface area contributed by atoms with Gasteiger partial charge in [0.25, 0.3) is 0 Å². The smallest absolute Gasteiger partial charge is 0.154 e. The number of alkyl halides is 1. The van der Waals surface area contributed by atoms with Crippen LogP contribution < -0.4 is 0 Å². The van der Waals surface area contributed by atoms with E-state index in [-0.39, 0.29) is 10.6 Å². The van der Waals surface area contributed by atoms with Gasteiger partial charge in [-0.05, 0) is 44.4 Å². The second-order valence-corrected chi connectivity index (χ2v) is 8.72. The molecule has 0 saturated carbocycles. The van der Waals surface area contributed by atoms with E-state index in [0.29, 0.717) is 11.1 Å². The summed E-state index contributed by atoms with van der Waals surface area (Å²) in [4.78, 5) is -0.377. The number of benzene rings is 1. The van der Waals surface area contributed by atoms with Crippen LogP contribution in [-0.4, -0.2) is 19.4 Å². The highest BCUT2D eigenvalue weighted by Gasteiger charge is 2.38. The molecule has 1 aromatic rings. The molecule has 0 aliphatic carbocycles. The average molecular weight is 337 g/mol. The lowest BCUT2D eigenvalue weighted by Gasteiger charge is -2.29. The van der Waals surface area contributed by atoms with Gasteiger partial charge in [0.15, 0.2) is 9.84 Å². The third-order valence-electron chi connectivity index (χ3n) is 3.32. The summed E-state index contributed by atoms with van der Waals surface area (Å²) in [6.45, 7) is 6.68. The molecule has 0 heterocycles. The monoisotopic (exact) mass is 336 g/mol. The lowest BCUT2D eigenvalue weighted by molar-refractivity contribution is 0.547. The third kappa shape index (κ3) is 2.77. The highest BCUT2D eigenvalue weighted by atomic mass is 79.9. The molecule has 0 amide bonds. The Morgan fingerprint density at radius 3 is 1.94 bits per heavy atom. The van der Waals surface area contributed by atoms with Crippen LogP contribution in [0.2, 0.25) is 0 Å². The summed E-state index contributed by atoms with van der Waals surface area (Å²) in [5.41, 5.74) is 1.83. The minimum atomic E-state index is -3.23. The molecular formula is C13H18BrFO2S. The van der Waals surface area contributed by atoms with Crippen molar-refractivity contribution >= 4 is 25.8 Å². The van der Waals surface area contributed by atoms with Gasteiger partial charge in [-0.3, -0.25) is 0 Å². The van der Waals surface area contributed by atoms with Crippen LogP contribution in [0.25, 0.3) is 0 Å². The zero-order valence-corrected chi connectivity index (χ0v) is 13.6. The van der Waals surface area contributed by atoms with Crippen LogP contribution in [0.1, 0.15) is 35.4 Å². The maximum absolute atomic E-state index is 13.6. The van der Waals surface area contributed by atoms with E-state index < -0.39 is 14.6 Å². The number of halogens is 2. The summed E-state index contributed by atoms with van der Waals surface area (Å²) in [6.07, 6.45) is 1.21. The first-order valence-corrected chi connectivity index (χ1v) is 8.39. The Balaban J connectivity index is 3.32. The molecule has 102 valence electrons. The van der Waals surface area contributed by atoms with Crippen LogP contribution in [0, 0.1) is 19.7 Å². The number of sulfone groups is 1. The van der Waals surface area contributed by atoms with Crippen LogP contribution in [0.4, 0.5) is 4.39 Å². The average Bonchev–Trinajstić information content (AvgIpc) is 2.22. The first-order valence-electron chi connectivity index (χ1n) is 5.58. The van der Waals surface area contributed by atoms with Gasteiger partial charge >= 0.3 is 0 Å². The van der Waals surface area contributed by atoms with Gasteiger partial charge in [-0.15, -0.1) is 0 Å². The summed E-state index contributed by atoms with van der Waals surface area (Å²) in [7, 11) is -3.23. The molecule has 2 nitrogen and oxygen atoms in total. The first kappa shape index (κ1) is 15.6. The van der Waals surface area contributed by atoms with E-state index in [1.165, 1.54) is 6.26 Å². The van der Waals surface area contributed by atoms with Crippen LogP contribution in [0.3, 0.4) is 0 Å². The maximum atomic E-state index is 13.6. The molecule has 1 unspecified atom stereocenters. The molecular weight excluding hydrogens is 319 g/mol. The Bertz CT molecular complexity index is 541. The molecule has 0 N–H and O–H groups in total. The van der Waals surface area contributed by atoms with E-state index in [1.807, 2.05) is 0 Å². The third-order valence-corrected chi connectivity index (χ3v) is 7.44. The minimum Gasteiger partial charge on any atom is -0.229 e. The molecule has 0 bridgehead atoms. The fraction of sp³-hybridized carbons (Fsp3) is 0.538. The van der Waals surface area contributed by atoms with Crippen molar-refractivity contribution < 1.29 is 12.8 Å². The minimum absolute atomic E-state index is 0.240. The zero-order chi connectivity index (χ0) is 14.3. The number of hydrogen-bond donors (Lipinski definition) is 0. The Morgan fingerprint density at radius 2 is 1.61 bits per heavy atom. The normalized spacial score (nSPS) is 14.6. The molecule has 1 rings (SSSR count). The summed E-state index contributed by atoms with van der Waals surface area (Å²) in [5, 5.41) is 0. The van der Waals surface area contributed by atoms with Crippen LogP contribution in [-0.2, 0) is 9.84 Å². The molecule has 5 heteroatoms. The van der Waals surface area contributed by atoms with Gasteiger partial charge in [-0.25, -0.2) is 12.8 Å². The second-order valence-electron chi connectivity index (χ2n) is 5.21. The van der Waals surface area contributed by atoms with Gasteiger partial charge in [-0.1, -0.05) is 28.1 Å². The van der Waals surface area contributed by atoms with Gasteiger partial charge in [0, 0.05) is 6.26 Å². The SMILES string of the molecule is Cc1cc(C(Br)C(C)(C)S(C)(=O)=O)cc(C)c1F. The Labute approximate surface area is 117 Å². The van der Waals surface area contributed by atoms with Crippen molar-refractivity contribution in [1.82, 2.24) is 0 Å². The van der Waals surface area contributed by atoms with Gasteiger partial charge in [-0.2, -0.15) is 0 Å². The van der Waals surface area contributed by atoms with E-state index in [1.54, 1.807) is 39.8 Å². The molecule has 0 fully saturated rings. The Morgan fingerprint density at radius 1 is 1.22 bits per heavy atom. The molecule has 0 aromatic heterocycles. The van der Waals surface area contributed by atoms with Crippen molar-refractivity contribution in [1.29, 1.82) is 0 Å². The van der Waals surface area contributed by atoms with Gasteiger partial charge < -0.3 is 0 Å². The van der Waals surface area contributed by atoms with Crippen LogP contribution >= 0.6 is 15.9 Å². The van der Waals surface area contributed by atoms with Crippen molar-refractivity contribution in [3.63, 3.8) is 0 Å². The highest BCUT2D eigenvalue weighted by Crippen LogP contribution is 2.40. The van der Waals surface area contributed by atoms with Crippen molar-refractivity contribution in [3.05, 3.63) is 34.6 Å². The zero-order valence-electron chi connectivity index (χ0n) is 11.2. The molecule has 0 aliphatic rings. The highest BCUT2D eigenvalue weighted by molar-refractivity contribution is 9.09. The standard InChI is InChI=1S/C13H18BrFO2S/c1-8-6-10(7-9(2)11(8)15)12(14)13(3,4)18(5,16)17/h6-7,12H,1-5H3. The van der Waals surface area contributed by atoms with Crippen LogP contribution in [0.5, 0.6) is 0 Å². The van der Waals surface area contributed by atoms with E-state index in [2.05, 4.69) is 15.9 Å². The molecule has 1 aromatic carbocycles. The summed E-state index contributed by atoms with van der Waals surface area (Å²) < 4.78 is 36.2. The molecule has 0 saturated heterocycles. The second kappa shape index (κ2) is 4.93. The lowest BCUT2D eigenvalue weighted by atomic mass is 9.98. The quantitative estimate of drug-likeness (QED) is 0.788. The predicted molar refractivity (Wildman–Crippen MR) is 76.5 cm³/mol. The number of aryl methyl sites for hydroxylation is 2. The van der Waals surface area contributed by atoms with Crippen LogP contribution in [0.15, 0.2) is 12.1 Å². The predicted octanol–water partition coefficient (Wildman–Crippen LogP) is 3.70. The number of rotatable bonds is 3. The van der Waals surface area contributed by atoms with E-state index in [0.717, 1.165) is 5.56 Å². The maximum Gasteiger partial charge on any atom is 0.154 e. The molecule has 0 aliphatic heterocycles. The Hall–Kier alpha value is -0.420. The van der Waals surface area contributed by atoms with E-state index >= 15 is 0 Å². The van der Waals surface area contributed by atoms with Crippen molar-refractivity contribution in [2.24, 2.45) is 0 Å². The Kier molecular flexibility index (Phi) is 4.28. The topological polar surface area (TPSA) is 34.1 Å². The van der Waals surface area contributed by atoms with E-state index in [9.17, 15) is 12.8 Å². The molecule has 1 atom stereocenters. The van der Waals surface area contributed by atoms with Crippen molar-refractivity contribution in [2.75, 3.05) is 6.26 Å². The summed E-state index contributed by atoms with van der Waals surface area (Å²) in [5.74, 6) is -0.240. The van der Waals surface area contributed by atoms with Gasteiger partial charge in [0.2, 0.25) is 0 Å².